The number of nitrogens with one attached hydrogen (secondary N) is 1. The van der Waals surface area contributed by atoms with E-state index < -0.39 is 0 Å². The van der Waals surface area contributed by atoms with Crippen LogP contribution >= 0.6 is 0 Å². The van der Waals surface area contributed by atoms with Crippen molar-refractivity contribution in [2.24, 2.45) is 0 Å². The fourth-order valence-corrected chi connectivity index (χ4v) is 3.36. The number of likely N-dealkylation sites (tertiary alicyclic amines) is 1. The van der Waals surface area contributed by atoms with Crippen molar-refractivity contribution in [3.05, 3.63) is 0 Å². The number of methoxy groups -OCH3 is 1. The van der Waals surface area contributed by atoms with E-state index in [-0.39, 0.29) is 0 Å². The number of likely N-dealkylation sites (N-methyl/N-ethyl adjacent to an activating group) is 1. The van der Waals surface area contributed by atoms with Crippen LogP contribution in [0.2, 0.25) is 0 Å². The number of fused-ring (bicyclic) bond motifs is 2. The molecule has 2 rings (SSSR count). The molecule has 0 amide bonds. The van der Waals surface area contributed by atoms with Crippen LogP contribution in [0.15, 0.2) is 0 Å². The van der Waals surface area contributed by atoms with Gasteiger partial charge in [-0.15, -0.1) is 0 Å². The Morgan fingerprint density at radius 1 is 1.28 bits per heavy atom. The molecule has 0 aliphatic carbocycles. The molecule has 18 heavy (non-hydrogen) atoms. The lowest BCUT2D eigenvalue weighted by Crippen LogP contribution is -2.41. The first kappa shape index (κ1) is 14.3. The van der Waals surface area contributed by atoms with E-state index in [1.807, 2.05) is 0 Å². The number of nitrogens with zero attached hydrogens (tertiary/aromatic N) is 2. The van der Waals surface area contributed by atoms with Crippen molar-refractivity contribution >= 4 is 0 Å². The first-order chi connectivity index (χ1) is 8.70. The molecule has 2 heterocycles. The first-order valence-electron chi connectivity index (χ1n) is 7.37. The third-order valence-electron chi connectivity index (χ3n) is 4.57. The largest absolute Gasteiger partial charge is 0.383 e. The molecule has 0 saturated carbocycles. The Hall–Kier alpha value is -0.160. The fourth-order valence-electron chi connectivity index (χ4n) is 3.36. The Balaban J connectivity index is 1.68. The molecule has 0 radical (unpaired) electrons. The van der Waals surface area contributed by atoms with Crippen molar-refractivity contribution in [2.45, 2.75) is 44.3 Å². The molecule has 2 saturated heterocycles. The molecule has 3 atom stereocenters. The smallest absolute Gasteiger partial charge is 0.0613 e. The number of rotatable bonds is 6. The highest BCUT2D eigenvalue weighted by Gasteiger charge is 2.34. The van der Waals surface area contributed by atoms with Crippen LogP contribution in [0.5, 0.6) is 0 Å². The summed E-state index contributed by atoms with van der Waals surface area (Å²) in [5.74, 6) is 0. The zero-order chi connectivity index (χ0) is 13.0. The molecule has 1 N–H and O–H groups in total. The molecule has 0 spiro atoms. The van der Waals surface area contributed by atoms with Crippen LogP contribution in [-0.4, -0.2) is 74.9 Å². The maximum Gasteiger partial charge on any atom is 0.0613 e. The van der Waals surface area contributed by atoms with E-state index in [2.05, 4.69) is 29.1 Å². The Labute approximate surface area is 112 Å². The molecule has 106 valence electrons. The van der Waals surface area contributed by atoms with Crippen LogP contribution in [0.3, 0.4) is 0 Å². The van der Waals surface area contributed by atoms with E-state index >= 15 is 0 Å². The summed E-state index contributed by atoms with van der Waals surface area (Å²) in [7, 11) is 4.07. The quantitative estimate of drug-likeness (QED) is 0.759. The third kappa shape index (κ3) is 3.67. The topological polar surface area (TPSA) is 27.7 Å². The van der Waals surface area contributed by atoms with Crippen LogP contribution in [0.25, 0.3) is 0 Å². The molecule has 2 aliphatic rings. The zero-order valence-corrected chi connectivity index (χ0v) is 12.2. The summed E-state index contributed by atoms with van der Waals surface area (Å²) < 4.78 is 5.14. The second-order valence-corrected chi connectivity index (χ2v) is 5.95. The molecule has 3 unspecified atom stereocenters. The minimum absolute atomic E-state index is 0.459. The molecular weight excluding hydrogens is 226 g/mol. The molecular formula is C14H29N3O. The molecule has 2 aliphatic heterocycles. The highest BCUT2D eigenvalue weighted by molar-refractivity contribution is 4.91. The molecule has 4 heteroatoms. The van der Waals surface area contributed by atoms with Gasteiger partial charge in [0.2, 0.25) is 0 Å². The molecule has 4 nitrogen and oxygen atoms in total. The van der Waals surface area contributed by atoms with Gasteiger partial charge in [-0.25, -0.2) is 0 Å². The van der Waals surface area contributed by atoms with Gasteiger partial charge in [-0.05, 0) is 39.8 Å². The maximum absolute atomic E-state index is 5.14. The summed E-state index contributed by atoms with van der Waals surface area (Å²) in [5, 5.41) is 3.53. The summed E-state index contributed by atoms with van der Waals surface area (Å²) >= 11 is 0. The summed E-state index contributed by atoms with van der Waals surface area (Å²) in [6.07, 6.45) is 4.16. The van der Waals surface area contributed by atoms with Gasteiger partial charge in [-0.2, -0.15) is 0 Å². The van der Waals surface area contributed by atoms with E-state index in [1.54, 1.807) is 7.11 Å². The van der Waals surface area contributed by atoms with Crippen molar-refractivity contribution < 1.29 is 4.74 Å². The summed E-state index contributed by atoms with van der Waals surface area (Å²) in [6, 6.07) is 2.11. The van der Waals surface area contributed by atoms with Crippen molar-refractivity contribution in [2.75, 3.05) is 46.9 Å². The Kier molecular flexibility index (Phi) is 5.42. The van der Waals surface area contributed by atoms with E-state index in [0.29, 0.717) is 6.04 Å². The van der Waals surface area contributed by atoms with Crippen molar-refractivity contribution in [3.63, 3.8) is 0 Å². The van der Waals surface area contributed by atoms with Crippen molar-refractivity contribution in [1.29, 1.82) is 0 Å². The average molecular weight is 255 g/mol. The van der Waals surface area contributed by atoms with Gasteiger partial charge in [-0.3, -0.25) is 4.90 Å². The van der Waals surface area contributed by atoms with Crippen LogP contribution in [-0.2, 0) is 4.74 Å². The van der Waals surface area contributed by atoms with E-state index in [1.165, 1.54) is 38.9 Å². The summed E-state index contributed by atoms with van der Waals surface area (Å²) in [4.78, 5) is 5.24. The number of hydrogen-bond donors (Lipinski definition) is 1. The lowest BCUT2D eigenvalue weighted by Gasteiger charge is -2.26. The normalized spacial score (nSPS) is 31.5. The minimum atomic E-state index is 0.459. The summed E-state index contributed by atoms with van der Waals surface area (Å²) in [6.45, 7) is 7.75. The summed E-state index contributed by atoms with van der Waals surface area (Å²) in [5.41, 5.74) is 0. The number of ether oxygens (including phenoxy) is 1. The fraction of sp³-hybridized carbons (Fsp3) is 1.00. The van der Waals surface area contributed by atoms with E-state index in [9.17, 15) is 0 Å². The van der Waals surface area contributed by atoms with Gasteiger partial charge in [-0.1, -0.05) is 0 Å². The SMILES string of the molecule is COCC(C)NCCN1CCC2CCC(C1)N2C. The van der Waals surface area contributed by atoms with E-state index in [0.717, 1.165) is 25.2 Å². The van der Waals surface area contributed by atoms with Crippen LogP contribution < -0.4 is 5.32 Å². The van der Waals surface area contributed by atoms with Gasteiger partial charge in [0, 0.05) is 44.9 Å². The predicted octanol–water partition coefficient (Wildman–Crippen LogP) is 0.779. The van der Waals surface area contributed by atoms with Gasteiger partial charge in [0.25, 0.3) is 0 Å². The predicted molar refractivity (Wildman–Crippen MR) is 75.0 cm³/mol. The lowest BCUT2D eigenvalue weighted by atomic mass is 10.1. The maximum atomic E-state index is 5.14. The second kappa shape index (κ2) is 6.85. The van der Waals surface area contributed by atoms with Crippen LogP contribution in [0, 0.1) is 0 Å². The van der Waals surface area contributed by atoms with Gasteiger partial charge in [0.1, 0.15) is 0 Å². The highest BCUT2D eigenvalue weighted by atomic mass is 16.5. The highest BCUT2D eigenvalue weighted by Crippen LogP contribution is 2.28. The van der Waals surface area contributed by atoms with Gasteiger partial charge in [0.15, 0.2) is 0 Å². The molecule has 0 aromatic carbocycles. The molecule has 2 bridgehead atoms. The standard InChI is InChI=1S/C14H29N3O/c1-12(11-18-3)15-7-9-17-8-6-13-4-5-14(10-17)16(13)2/h12-15H,4-11H2,1-3H3. The Morgan fingerprint density at radius 3 is 2.83 bits per heavy atom. The van der Waals surface area contributed by atoms with Crippen molar-refractivity contribution in [1.82, 2.24) is 15.1 Å². The average Bonchev–Trinajstić information content (AvgIpc) is 2.57. The molecule has 0 aromatic heterocycles. The molecule has 0 aromatic rings. The second-order valence-electron chi connectivity index (χ2n) is 5.95. The van der Waals surface area contributed by atoms with Gasteiger partial charge >= 0.3 is 0 Å². The minimum Gasteiger partial charge on any atom is -0.383 e. The monoisotopic (exact) mass is 255 g/mol. The van der Waals surface area contributed by atoms with Crippen LogP contribution in [0.1, 0.15) is 26.2 Å². The number of hydrogen-bond acceptors (Lipinski definition) is 4. The molecule has 2 fully saturated rings. The van der Waals surface area contributed by atoms with Crippen LogP contribution in [0.4, 0.5) is 0 Å². The zero-order valence-electron chi connectivity index (χ0n) is 12.2. The van der Waals surface area contributed by atoms with Gasteiger partial charge in [0.05, 0.1) is 6.61 Å². The van der Waals surface area contributed by atoms with E-state index in [4.69, 9.17) is 4.74 Å². The Bertz CT molecular complexity index is 249. The van der Waals surface area contributed by atoms with Gasteiger partial charge < -0.3 is 15.0 Å². The lowest BCUT2D eigenvalue weighted by molar-refractivity contribution is 0.167. The first-order valence-corrected chi connectivity index (χ1v) is 7.37. The Morgan fingerprint density at radius 2 is 2.06 bits per heavy atom. The van der Waals surface area contributed by atoms with Crippen molar-refractivity contribution in [3.8, 4) is 0 Å². The third-order valence-corrected chi connectivity index (χ3v) is 4.57.